The van der Waals surface area contributed by atoms with Crippen molar-refractivity contribution in [2.75, 3.05) is 0 Å². The third-order valence-corrected chi connectivity index (χ3v) is 2.95. The maximum atomic E-state index is 5.79. The van der Waals surface area contributed by atoms with Gasteiger partial charge < -0.3 is 4.42 Å². The molecule has 17 heavy (non-hydrogen) atoms. The SMILES string of the molecule is CC/C=C/c1ccc2oc3ccccc3c2c1. The molecule has 0 aliphatic rings. The van der Waals surface area contributed by atoms with E-state index in [1.807, 2.05) is 24.3 Å². The van der Waals surface area contributed by atoms with E-state index in [1.54, 1.807) is 0 Å². The first-order valence-corrected chi connectivity index (χ1v) is 5.96. The number of para-hydroxylation sites is 1. The maximum absolute atomic E-state index is 5.79. The van der Waals surface area contributed by atoms with E-state index in [2.05, 4.69) is 37.3 Å². The Labute approximate surface area is 100 Å². The Morgan fingerprint density at radius 3 is 2.71 bits per heavy atom. The predicted molar refractivity (Wildman–Crippen MR) is 73.0 cm³/mol. The van der Waals surface area contributed by atoms with Gasteiger partial charge >= 0.3 is 0 Å². The van der Waals surface area contributed by atoms with Crippen molar-refractivity contribution in [1.29, 1.82) is 0 Å². The highest BCUT2D eigenvalue weighted by atomic mass is 16.3. The van der Waals surface area contributed by atoms with Gasteiger partial charge in [-0.1, -0.05) is 43.3 Å². The van der Waals surface area contributed by atoms with Gasteiger partial charge in [-0.2, -0.15) is 0 Å². The molecule has 0 saturated carbocycles. The summed E-state index contributed by atoms with van der Waals surface area (Å²) in [7, 11) is 0. The molecule has 0 bridgehead atoms. The van der Waals surface area contributed by atoms with Crippen LogP contribution in [0, 0.1) is 0 Å². The summed E-state index contributed by atoms with van der Waals surface area (Å²) >= 11 is 0. The second-order valence-corrected chi connectivity index (χ2v) is 4.16. The molecule has 0 N–H and O–H groups in total. The summed E-state index contributed by atoms with van der Waals surface area (Å²) in [5.74, 6) is 0. The molecule has 3 rings (SSSR count). The molecule has 0 saturated heterocycles. The van der Waals surface area contributed by atoms with E-state index in [0.29, 0.717) is 0 Å². The molecule has 0 unspecified atom stereocenters. The molecule has 1 heterocycles. The quantitative estimate of drug-likeness (QED) is 0.594. The van der Waals surface area contributed by atoms with Gasteiger partial charge in [0.25, 0.3) is 0 Å². The molecule has 0 aliphatic heterocycles. The molecule has 0 atom stereocenters. The standard InChI is InChI=1S/C16H14O/c1-2-3-6-12-9-10-16-14(11-12)13-7-4-5-8-15(13)17-16/h3-11H,2H2,1H3/b6-3+. The topological polar surface area (TPSA) is 13.1 Å². The van der Waals surface area contributed by atoms with Gasteiger partial charge in [-0.15, -0.1) is 0 Å². The number of allylic oxidation sites excluding steroid dienone is 1. The van der Waals surface area contributed by atoms with Crippen molar-refractivity contribution in [2.24, 2.45) is 0 Å². The molecule has 0 spiro atoms. The molecule has 84 valence electrons. The number of furan rings is 1. The Morgan fingerprint density at radius 2 is 1.82 bits per heavy atom. The highest BCUT2D eigenvalue weighted by Gasteiger charge is 2.05. The number of fused-ring (bicyclic) bond motifs is 3. The van der Waals surface area contributed by atoms with Crippen LogP contribution >= 0.6 is 0 Å². The lowest BCUT2D eigenvalue weighted by Gasteiger charge is -1.93. The van der Waals surface area contributed by atoms with Crippen molar-refractivity contribution in [3.05, 3.63) is 54.1 Å². The van der Waals surface area contributed by atoms with Crippen LogP contribution in [0.2, 0.25) is 0 Å². The van der Waals surface area contributed by atoms with Crippen molar-refractivity contribution >= 4 is 28.0 Å². The first-order chi connectivity index (χ1) is 8.38. The fraction of sp³-hybridized carbons (Fsp3) is 0.125. The number of hydrogen-bond donors (Lipinski definition) is 0. The second-order valence-electron chi connectivity index (χ2n) is 4.16. The first-order valence-electron chi connectivity index (χ1n) is 5.96. The predicted octanol–water partition coefficient (Wildman–Crippen LogP) is 5.01. The lowest BCUT2D eigenvalue weighted by molar-refractivity contribution is 0.669. The number of hydrogen-bond acceptors (Lipinski definition) is 1. The molecule has 0 radical (unpaired) electrons. The average Bonchev–Trinajstić information content (AvgIpc) is 2.74. The van der Waals surface area contributed by atoms with Crippen LogP contribution < -0.4 is 0 Å². The highest BCUT2D eigenvalue weighted by Crippen LogP contribution is 2.29. The molecule has 1 aromatic heterocycles. The van der Waals surface area contributed by atoms with E-state index in [0.717, 1.165) is 17.6 Å². The van der Waals surface area contributed by atoms with E-state index in [4.69, 9.17) is 4.42 Å². The van der Waals surface area contributed by atoms with Crippen molar-refractivity contribution in [3.63, 3.8) is 0 Å². The van der Waals surface area contributed by atoms with Gasteiger partial charge in [-0.05, 0) is 30.2 Å². The minimum absolute atomic E-state index is 0.958. The Bertz CT molecular complexity index is 689. The summed E-state index contributed by atoms with van der Waals surface area (Å²) < 4.78 is 5.79. The van der Waals surface area contributed by atoms with Crippen LogP contribution in [0.4, 0.5) is 0 Å². The van der Waals surface area contributed by atoms with Gasteiger partial charge in [0.05, 0.1) is 0 Å². The zero-order valence-electron chi connectivity index (χ0n) is 9.81. The molecule has 0 fully saturated rings. The zero-order chi connectivity index (χ0) is 11.7. The zero-order valence-corrected chi connectivity index (χ0v) is 9.81. The normalized spacial score (nSPS) is 11.8. The van der Waals surface area contributed by atoms with Crippen LogP contribution in [0.5, 0.6) is 0 Å². The van der Waals surface area contributed by atoms with Crippen LogP contribution in [0.25, 0.3) is 28.0 Å². The highest BCUT2D eigenvalue weighted by molar-refractivity contribution is 6.05. The Hall–Kier alpha value is -2.02. The maximum Gasteiger partial charge on any atom is 0.135 e. The third-order valence-electron chi connectivity index (χ3n) is 2.95. The molecule has 1 heteroatoms. The number of benzene rings is 2. The fourth-order valence-electron chi connectivity index (χ4n) is 2.10. The van der Waals surface area contributed by atoms with Crippen molar-refractivity contribution < 1.29 is 4.42 Å². The molecule has 3 aromatic rings. The Kier molecular flexibility index (Phi) is 2.45. The van der Waals surface area contributed by atoms with Crippen LogP contribution in [-0.4, -0.2) is 0 Å². The van der Waals surface area contributed by atoms with E-state index >= 15 is 0 Å². The molecule has 0 aliphatic carbocycles. The van der Waals surface area contributed by atoms with Crippen LogP contribution in [0.1, 0.15) is 18.9 Å². The minimum atomic E-state index is 0.958. The van der Waals surface area contributed by atoms with Gasteiger partial charge in [0.1, 0.15) is 11.2 Å². The van der Waals surface area contributed by atoms with E-state index in [-0.39, 0.29) is 0 Å². The van der Waals surface area contributed by atoms with Gasteiger partial charge in [0.15, 0.2) is 0 Å². The van der Waals surface area contributed by atoms with Crippen LogP contribution in [0.15, 0.2) is 53.0 Å². The van der Waals surface area contributed by atoms with Crippen molar-refractivity contribution in [2.45, 2.75) is 13.3 Å². The van der Waals surface area contributed by atoms with E-state index < -0.39 is 0 Å². The largest absolute Gasteiger partial charge is 0.456 e. The molecule has 1 nitrogen and oxygen atoms in total. The lowest BCUT2D eigenvalue weighted by Crippen LogP contribution is -1.71. The Morgan fingerprint density at radius 1 is 1.00 bits per heavy atom. The molecular formula is C16H14O. The summed E-state index contributed by atoms with van der Waals surface area (Å²) in [5, 5.41) is 2.38. The van der Waals surface area contributed by atoms with Gasteiger partial charge in [0, 0.05) is 10.8 Å². The second kappa shape index (κ2) is 4.10. The van der Waals surface area contributed by atoms with Crippen molar-refractivity contribution in [3.8, 4) is 0 Å². The minimum Gasteiger partial charge on any atom is -0.456 e. The summed E-state index contributed by atoms with van der Waals surface area (Å²) in [5.41, 5.74) is 3.14. The van der Waals surface area contributed by atoms with E-state index in [9.17, 15) is 0 Å². The van der Waals surface area contributed by atoms with Gasteiger partial charge in [0.2, 0.25) is 0 Å². The third kappa shape index (κ3) is 1.74. The van der Waals surface area contributed by atoms with Crippen LogP contribution in [0.3, 0.4) is 0 Å². The average molecular weight is 222 g/mol. The molecule has 2 aromatic carbocycles. The molecular weight excluding hydrogens is 208 g/mol. The van der Waals surface area contributed by atoms with Crippen molar-refractivity contribution in [1.82, 2.24) is 0 Å². The summed E-state index contributed by atoms with van der Waals surface area (Å²) in [6.45, 7) is 2.14. The smallest absolute Gasteiger partial charge is 0.135 e. The lowest BCUT2D eigenvalue weighted by atomic mass is 10.1. The monoisotopic (exact) mass is 222 g/mol. The summed E-state index contributed by atoms with van der Waals surface area (Å²) in [6, 6.07) is 14.5. The van der Waals surface area contributed by atoms with Crippen LogP contribution in [-0.2, 0) is 0 Å². The van der Waals surface area contributed by atoms with Gasteiger partial charge in [-0.25, -0.2) is 0 Å². The summed E-state index contributed by atoms with van der Waals surface area (Å²) in [4.78, 5) is 0. The van der Waals surface area contributed by atoms with Gasteiger partial charge in [-0.3, -0.25) is 0 Å². The number of rotatable bonds is 2. The first kappa shape index (κ1) is 10.2. The van der Waals surface area contributed by atoms with E-state index in [1.165, 1.54) is 16.3 Å². The molecule has 0 amide bonds. The summed E-state index contributed by atoms with van der Waals surface area (Å²) in [6.07, 6.45) is 5.38. The fourth-order valence-corrected chi connectivity index (χ4v) is 2.10. The Balaban J connectivity index is 2.26.